The molecule has 7 nitrogen and oxygen atoms in total. The van der Waals surface area contributed by atoms with E-state index in [4.69, 9.17) is 9.47 Å². The number of esters is 1. The third-order valence-corrected chi connectivity index (χ3v) is 4.82. The van der Waals surface area contributed by atoms with Crippen LogP contribution >= 0.6 is 11.8 Å². The Morgan fingerprint density at radius 1 is 1.21 bits per heavy atom. The number of ether oxygens (including phenoxy) is 2. The summed E-state index contributed by atoms with van der Waals surface area (Å²) in [6, 6.07) is 10.5. The van der Waals surface area contributed by atoms with E-state index in [0.29, 0.717) is 21.2 Å². The van der Waals surface area contributed by atoms with Crippen molar-refractivity contribution in [3.8, 4) is 5.75 Å². The predicted molar refractivity (Wildman–Crippen MR) is 107 cm³/mol. The molecule has 1 amide bonds. The first-order chi connectivity index (χ1) is 13.2. The number of rotatable bonds is 7. The van der Waals surface area contributed by atoms with Crippen LogP contribution in [0.3, 0.4) is 0 Å². The van der Waals surface area contributed by atoms with Gasteiger partial charge in [0.1, 0.15) is 11.5 Å². The molecule has 1 aromatic heterocycles. The number of methoxy groups -OCH3 is 1. The third kappa shape index (κ3) is 6.16. The quantitative estimate of drug-likeness (QED) is 0.330. The second-order valence-corrected chi connectivity index (χ2v) is 8.02. The molecule has 0 aliphatic heterocycles. The van der Waals surface area contributed by atoms with Crippen molar-refractivity contribution >= 4 is 29.3 Å². The number of hydrogen-bond donors (Lipinski definition) is 1. The van der Waals surface area contributed by atoms with Crippen molar-refractivity contribution in [3.05, 3.63) is 53.4 Å². The van der Waals surface area contributed by atoms with E-state index in [1.165, 1.54) is 13.3 Å². The highest BCUT2D eigenvalue weighted by atomic mass is 32.2. The molecule has 28 heavy (non-hydrogen) atoms. The second-order valence-electron chi connectivity index (χ2n) is 7.03. The number of aromatic nitrogens is 1. The van der Waals surface area contributed by atoms with Gasteiger partial charge in [0.05, 0.1) is 12.8 Å². The molecule has 0 saturated heterocycles. The van der Waals surface area contributed by atoms with Crippen molar-refractivity contribution in [1.82, 2.24) is 0 Å². The molecule has 150 valence electrons. The Kier molecular flexibility index (Phi) is 7.28. The molecule has 0 aliphatic carbocycles. The number of nitrogens with zero attached hydrogens (tertiary/aromatic N) is 1. The molecule has 0 unspecified atom stereocenters. The average molecular weight is 404 g/mol. The highest BCUT2D eigenvalue weighted by Crippen LogP contribution is 2.31. The number of nitrogens with one attached hydrogen (secondary N) is 1. The molecule has 0 atom stereocenters. The van der Waals surface area contributed by atoms with Gasteiger partial charge in [-0.2, -0.15) is 4.73 Å². The lowest BCUT2D eigenvalue weighted by atomic mass is 9.87. The van der Waals surface area contributed by atoms with Gasteiger partial charge >= 0.3 is 5.97 Å². The summed E-state index contributed by atoms with van der Waals surface area (Å²) in [5, 5.41) is 14.6. The van der Waals surface area contributed by atoms with E-state index in [9.17, 15) is 14.8 Å². The summed E-state index contributed by atoms with van der Waals surface area (Å²) in [5.74, 6) is -0.601. The summed E-state index contributed by atoms with van der Waals surface area (Å²) < 4.78 is 10.9. The van der Waals surface area contributed by atoms with Crippen molar-refractivity contribution in [1.29, 1.82) is 0 Å². The van der Waals surface area contributed by atoms with Gasteiger partial charge in [-0.15, -0.1) is 0 Å². The zero-order chi connectivity index (χ0) is 20.7. The molecule has 1 heterocycles. The van der Waals surface area contributed by atoms with Crippen molar-refractivity contribution < 1.29 is 23.8 Å². The van der Waals surface area contributed by atoms with Gasteiger partial charge in [0.25, 0.3) is 10.9 Å². The second kappa shape index (κ2) is 9.45. The average Bonchev–Trinajstić information content (AvgIpc) is 2.65. The van der Waals surface area contributed by atoms with Gasteiger partial charge in [-0.25, -0.2) is 0 Å². The maximum Gasteiger partial charge on any atom is 0.317 e. The molecule has 0 aliphatic rings. The normalized spacial score (nSPS) is 11.0. The topological polar surface area (TPSA) is 91.6 Å². The largest absolute Gasteiger partial charge is 0.618 e. The number of thioether (sulfide) groups is 1. The van der Waals surface area contributed by atoms with Crippen LogP contribution in [-0.4, -0.2) is 31.3 Å². The Hall–Kier alpha value is -2.74. The minimum absolute atomic E-state index is 0.0671. The van der Waals surface area contributed by atoms with Gasteiger partial charge in [0.2, 0.25) is 0 Å². The summed E-state index contributed by atoms with van der Waals surface area (Å²) >= 11 is 1.05. The smallest absolute Gasteiger partial charge is 0.317 e. The molecule has 1 aromatic carbocycles. The van der Waals surface area contributed by atoms with Gasteiger partial charge in [-0.3, -0.25) is 9.59 Å². The fourth-order valence-electron chi connectivity index (χ4n) is 2.30. The summed E-state index contributed by atoms with van der Waals surface area (Å²) in [4.78, 5) is 24.0. The molecule has 0 saturated carbocycles. The fourth-order valence-corrected chi connectivity index (χ4v) is 3.02. The van der Waals surface area contributed by atoms with E-state index in [1.807, 2.05) is 12.1 Å². The van der Waals surface area contributed by atoms with Gasteiger partial charge in [0.15, 0.2) is 12.8 Å². The molecule has 0 radical (unpaired) electrons. The van der Waals surface area contributed by atoms with Crippen LogP contribution in [0.5, 0.6) is 5.75 Å². The Morgan fingerprint density at radius 2 is 1.96 bits per heavy atom. The maximum atomic E-state index is 12.2. The van der Waals surface area contributed by atoms with E-state index in [0.717, 1.165) is 17.3 Å². The monoisotopic (exact) mass is 404 g/mol. The van der Waals surface area contributed by atoms with Crippen LogP contribution in [0, 0.1) is 5.21 Å². The van der Waals surface area contributed by atoms with Crippen LogP contribution in [0.4, 0.5) is 5.69 Å². The molecule has 8 heteroatoms. The number of pyridine rings is 1. The maximum absolute atomic E-state index is 12.2. The van der Waals surface area contributed by atoms with E-state index >= 15 is 0 Å². The van der Waals surface area contributed by atoms with Crippen molar-refractivity contribution in [2.45, 2.75) is 31.2 Å². The minimum Gasteiger partial charge on any atom is -0.618 e. The molecule has 1 N–H and O–H groups in total. The summed E-state index contributed by atoms with van der Waals surface area (Å²) in [6.45, 7) is 5.78. The molecular formula is C20H24N2O5S. The van der Waals surface area contributed by atoms with Crippen LogP contribution in [0.25, 0.3) is 0 Å². The first kappa shape index (κ1) is 21.6. The van der Waals surface area contributed by atoms with E-state index < -0.39 is 18.5 Å². The van der Waals surface area contributed by atoms with Crippen LogP contribution < -0.4 is 14.8 Å². The summed E-state index contributed by atoms with van der Waals surface area (Å²) in [6.07, 6.45) is 1.35. The third-order valence-electron chi connectivity index (χ3n) is 3.83. The lowest BCUT2D eigenvalue weighted by Gasteiger charge is -2.21. The molecule has 0 fully saturated rings. The zero-order valence-corrected chi connectivity index (χ0v) is 17.2. The first-order valence-corrected chi connectivity index (χ1v) is 9.64. The molecule has 0 bridgehead atoms. The minimum atomic E-state index is -0.584. The number of anilines is 1. The number of benzene rings is 1. The van der Waals surface area contributed by atoms with Gasteiger partial charge < -0.3 is 20.0 Å². The first-order valence-electron chi connectivity index (χ1n) is 8.65. The lowest BCUT2D eigenvalue weighted by molar-refractivity contribution is -0.645. The van der Waals surface area contributed by atoms with Crippen LogP contribution in [0.1, 0.15) is 26.3 Å². The highest BCUT2D eigenvalue weighted by molar-refractivity contribution is 7.99. The van der Waals surface area contributed by atoms with Gasteiger partial charge in [0, 0.05) is 12.1 Å². The number of carbonyl (C=O) groups excluding carboxylic acids is 2. The van der Waals surface area contributed by atoms with Gasteiger partial charge in [-0.05, 0) is 40.9 Å². The Bertz CT molecular complexity index is 849. The highest BCUT2D eigenvalue weighted by Gasteiger charge is 2.18. The van der Waals surface area contributed by atoms with Crippen LogP contribution in [0.15, 0.2) is 47.6 Å². The Labute approximate surface area is 168 Å². The number of hydrogen-bond acceptors (Lipinski definition) is 6. The Morgan fingerprint density at radius 3 is 2.61 bits per heavy atom. The van der Waals surface area contributed by atoms with Crippen molar-refractivity contribution in [2.75, 3.05) is 24.8 Å². The lowest BCUT2D eigenvalue weighted by Crippen LogP contribution is -2.28. The number of amides is 1. The van der Waals surface area contributed by atoms with E-state index in [1.54, 1.807) is 24.3 Å². The fraction of sp³-hybridized carbons (Fsp3) is 0.350. The molecule has 2 aromatic rings. The van der Waals surface area contributed by atoms with E-state index in [-0.39, 0.29) is 11.2 Å². The standard InChI is InChI=1S/C20H24N2O5S/c1-20(2,3)14-8-9-16(26-4)15(11-14)21-17(23)12-27-19(24)13-28-18-7-5-6-10-22(18)25/h5-11H,12-13H2,1-4H3,(H,21,23). The van der Waals surface area contributed by atoms with Crippen LogP contribution in [0.2, 0.25) is 0 Å². The van der Waals surface area contributed by atoms with E-state index in [2.05, 4.69) is 26.1 Å². The van der Waals surface area contributed by atoms with Gasteiger partial charge in [-0.1, -0.05) is 26.8 Å². The SMILES string of the molecule is COc1ccc(C(C)(C)C)cc1NC(=O)COC(=O)CSc1cccc[n+]1[O-]. The molecule has 0 spiro atoms. The summed E-state index contributed by atoms with van der Waals surface area (Å²) in [5.41, 5.74) is 1.46. The Balaban J connectivity index is 1.90. The van der Waals surface area contributed by atoms with Crippen LogP contribution in [-0.2, 0) is 19.7 Å². The predicted octanol–water partition coefficient (Wildman–Crippen LogP) is 2.90. The summed E-state index contributed by atoms with van der Waals surface area (Å²) in [7, 11) is 1.52. The van der Waals surface area contributed by atoms with Crippen molar-refractivity contribution in [3.63, 3.8) is 0 Å². The molecular weight excluding hydrogens is 380 g/mol. The van der Waals surface area contributed by atoms with Crippen molar-refractivity contribution in [2.24, 2.45) is 0 Å². The zero-order valence-electron chi connectivity index (χ0n) is 16.4. The molecule has 2 rings (SSSR count). The number of carbonyl (C=O) groups is 2.